The molecule has 0 atom stereocenters. The maximum Gasteiger partial charge on any atom is 0.152 e. The first-order chi connectivity index (χ1) is 9.06. The Morgan fingerprint density at radius 3 is 2.84 bits per heavy atom. The second-order valence-electron chi connectivity index (χ2n) is 4.14. The van der Waals surface area contributed by atoms with Crippen molar-refractivity contribution in [2.24, 2.45) is 0 Å². The van der Waals surface area contributed by atoms with E-state index in [9.17, 15) is 0 Å². The molecule has 0 aliphatic heterocycles. The van der Waals surface area contributed by atoms with Gasteiger partial charge in [-0.15, -0.1) is 0 Å². The third-order valence-corrected chi connectivity index (χ3v) is 3.54. The lowest BCUT2D eigenvalue weighted by molar-refractivity contribution is 0.412. The Morgan fingerprint density at radius 1 is 1.47 bits per heavy atom. The van der Waals surface area contributed by atoms with Crippen LogP contribution in [0, 0.1) is 6.92 Å². The van der Waals surface area contributed by atoms with Gasteiger partial charge in [0, 0.05) is 18.3 Å². The van der Waals surface area contributed by atoms with Crippen molar-refractivity contribution >= 4 is 33.1 Å². The standard InChI is InChI=1S/C13H17BrN4O/c1-4-18-13(12(15)8(2)17-18)16-9-5-6-10(14)11(7-9)19-3/h5-7,16H,4,15H2,1-3H3. The normalized spacial score (nSPS) is 10.5. The molecule has 0 fully saturated rings. The first kappa shape index (κ1) is 13.7. The quantitative estimate of drug-likeness (QED) is 0.905. The minimum Gasteiger partial charge on any atom is -0.495 e. The number of ether oxygens (including phenoxy) is 1. The molecule has 0 spiro atoms. The van der Waals surface area contributed by atoms with Gasteiger partial charge in [-0.3, -0.25) is 0 Å². The number of aryl methyl sites for hydroxylation is 2. The predicted octanol–water partition coefficient (Wildman–Crippen LogP) is 3.31. The van der Waals surface area contributed by atoms with Gasteiger partial charge in [-0.05, 0) is 41.9 Å². The molecule has 0 saturated carbocycles. The Morgan fingerprint density at radius 2 is 2.21 bits per heavy atom. The highest BCUT2D eigenvalue weighted by Gasteiger charge is 2.12. The zero-order chi connectivity index (χ0) is 14.0. The van der Waals surface area contributed by atoms with E-state index in [4.69, 9.17) is 10.5 Å². The Kier molecular flexibility index (Phi) is 3.99. The summed E-state index contributed by atoms with van der Waals surface area (Å²) in [6.07, 6.45) is 0. The van der Waals surface area contributed by atoms with Crippen molar-refractivity contribution < 1.29 is 4.74 Å². The van der Waals surface area contributed by atoms with Crippen LogP contribution in [0.25, 0.3) is 0 Å². The summed E-state index contributed by atoms with van der Waals surface area (Å²) in [5.41, 5.74) is 8.44. The third kappa shape index (κ3) is 2.68. The fourth-order valence-electron chi connectivity index (χ4n) is 1.83. The van der Waals surface area contributed by atoms with E-state index in [2.05, 4.69) is 26.3 Å². The molecule has 0 aliphatic rings. The van der Waals surface area contributed by atoms with Gasteiger partial charge in [-0.25, -0.2) is 4.68 Å². The molecule has 5 nitrogen and oxygen atoms in total. The zero-order valence-electron chi connectivity index (χ0n) is 11.2. The molecule has 1 heterocycles. The van der Waals surface area contributed by atoms with Crippen LogP contribution >= 0.6 is 15.9 Å². The van der Waals surface area contributed by atoms with Gasteiger partial charge in [0.25, 0.3) is 0 Å². The molecule has 0 aliphatic carbocycles. The van der Waals surface area contributed by atoms with Crippen molar-refractivity contribution in [2.75, 3.05) is 18.2 Å². The largest absolute Gasteiger partial charge is 0.495 e. The fourth-order valence-corrected chi connectivity index (χ4v) is 2.24. The summed E-state index contributed by atoms with van der Waals surface area (Å²) in [5, 5.41) is 7.66. The van der Waals surface area contributed by atoms with Gasteiger partial charge < -0.3 is 15.8 Å². The van der Waals surface area contributed by atoms with E-state index in [-0.39, 0.29) is 0 Å². The van der Waals surface area contributed by atoms with Crippen molar-refractivity contribution in [3.05, 3.63) is 28.4 Å². The van der Waals surface area contributed by atoms with Gasteiger partial charge in [-0.1, -0.05) is 0 Å². The number of nitrogens with zero attached hydrogens (tertiary/aromatic N) is 2. The molecule has 0 radical (unpaired) electrons. The summed E-state index contributed by atoms with van der Waals surface area (Å²) in [7, 11) is 1.64. The van der Waals surface area contributed by atoms with Gasteiger partial charge in [0.2, 0.25) is 0 Å². The first-order valence-electron chi connectivity index (χ1n) is 6.00. The molecule has 0 unspecified atom stereocenters. The molecular weight excluding hydrogens is 308 g/mol. The lowest BCUT2D eigenvalue weighted by Crippen LogP contribution is -2.04. The van der Waals surface area contributed by atoms with Crippen molar-refractivity contribution in [1.82, 2.24) is 9.78 Å². The molecule has 6 heteroatoms. The van der Waals surface area contributed by atoms with Gasteiger partial charge >= 0.3 is 0 Å². The molecule has 3 N–H and O–H groups in total. The number of benzene rings is 1. The monoisotopic (exact) mass is 324 g/mol. The third-order valence-electron chi connectivity index (χ3n) is 2.89. The summed E-state index contributed by atoms with van der Waals surface area (Å²) in [5.74, 6) is 1.58. The van der Waals surface area contributed by atoms with Crippen molar-refractivity contribution in [2.45, 2.75) is 20.4 Å². The van der Waals surface area contributed by atoms with Crippen molar-refractivity contribution in [1.29, 1.82) is 0 Å². The number of aromatic nitrogens is 2. The van der Waals surface area contributed by atoms with E-state index in [0.29, 0.717) is 5.69 Å². The van der Waals surface area contributed by atoms with Crippen LogP contribution in [0.5, 0.6) is 5.75 Å². The van der Waals surface area contributed by atoms with E-state index in [1.807, 2.05) is 36.7 Å². The molecule has 0 saturated heterocycles. The number of rotatable bonds is 4. The van der Waals surface area contributed by atoms with Crippen LogP contribution in [0.3, 0.4) is 0 Å². The topological polar surface area (TPSA) is 65.1 Å². The molecule has 0 amide bonds. The number of methoxy groups -OCH3 is 1. The van der Waals surface area contributed by atoms with Crippen LogP contribution < -0.4 is 15.8 Å². The number of nitrogen functional groups attached to an aromatic ring is 1. The highest BCUT2D eigenvalue weighted by atomic mass is 79.9. The predicted molar refractivity (Wildman–Crippen MR) is 81.0 cm³/mol. The number of hydrogen-bond donors (Lipinski definition) is 2. The highest BCUT2D eigenvalue weighted by Crippen LogP contribution is 2.31. The van der Waals surface area contributed by atoms with Crippen molar-refractivity contribution in [3.63, 3.8) is 0 Å². The number of anilines is 3. The maximum absolute atomic E-state index is 6.04. The maximum atomic E-state index is 6.04. The van der Waals surface area contributed by atoms with Crippen molar-refractivity contribution in [3.8, 4) is 5.75 Å². The lowest BCUT2D eigenvalue weighted by atomic mass is 10.3. The molecule has 2 aromatic rings. The molecule has 2 rings (SSSR count). The van der Waals surface area contributed by atoms with Gasteiger partial charge in [0.05, 0.1) is 23.0 Å². The Hall–Kier alpha value is -1.69. The molecule has 0 bridgehead atoms. The highest BCUT2D eigenvalue weighted by molar-refractivity contribution is 9.10. The van der Waals surface area contributed by atoms with Gasteiger partial charge in [-0.2, -0.15) is 5.10 Å². The van der Waals surface area contributed by atoms with E-state index in [1.54, 1.807) is 7.11 Å². The number of halogens is 1. The average Bonchev–Trinajstić information content (AvgIpc) is 2.68. The van der Waals surface area contributed by atoms with Crippen LogP contribution in [-0.4, -0.2) is 16.9 Å². The number of nitrogens with one attached hydrogen (secondary N) is 1. The molecule has 19 heavy (non-hydrogen) atoms. The minimum absolute atomic E-state index is 0.670. The number of nitrogens with two attached hydrogens (primary N) is 1. The first-order valence-corrected chi connectivity index (χ1v) is 6.79. The van der Waals surface area contributed by atoms with Gasteiger partial charge in [0.15, 0.2) is 5.82 Å². The summed E-state index contributed by atoms with van der Waals surface area (Å²) in [6, 6.07) is 5.79. The Bertz CT molecular complexity index is 595. The zero-order valence-corrected chi connectivity index (χ0v) is 12.8. The summed E-state index contributed by atoms with van der Waals surface area (Å²) in [4.78, 5) is 0. The Labute approximate surface area is 120 Å². The molecule has 1 aromatic carbocycles. The fraction of sp³-hybridized carbons (Fsp3) is 0.308. The summed E-state index contributed by atoms with van der Waals surface area (Å²) < 4.78 is 8.03. The van der Waals surface area contributed by atoms with Crippen LogP contribution in [0.4, 0.5) is 17.2 Å². The van der Waals surface area contributed by atoms with Crippen LogP contribution in [0.1, 0.15) is 12.6 Å². The van der Waals surface area contributed by atoms with Gasteiger partial charge in [0.1, 0.15) is 5.75 Å². The summed E-state index contributed by atoms with van der Waals surface area (Å²) in [6.45, 7) is 4.68. The smallest absolute Gasteiger partial charge is 0.152 e. The van der Waals surface area contributed by atoms with Crippen LogP contribution in [0.2, 0.25) is 0 Å². The van der Waals surface area contributed by atoms with E-state index in [0.717, 1.165) is 34.0 Å². The Balaban J connectivity index is 2.36. The van der Waals surface area contributed by atoms with Crippen LogP contribution in [0.15, 0.2) is 22.7 Å². The number of hydrogen-bond acceptors (Lipinski definition) is 4. The summed E-state index contributed by atoms with van der Waals surface area (Å²) >= 11 is 3.43. The van der Waals surface area contributed by atoms with E-state index < -0.39 is 0 Å². The lowest BCUT2D eigenvalue weighted by Gasteiger charge is -2.11. The second kappa shape index (κ2) is 5.52. The second-order valence-corrected chi connectivity index (χ2v) is 4.99. The molecular formula is C13H17BrN4O. The average molecular weight is 325 g/mol. The minimum atomic E-state index is 0.670. The van der Waals surface area contributed by atoms with E-state index >= 15 is 0 Å². The SMILES string of the molecule is CCn1nc(C)c(N)c1Nc1ccc(Br)c(OC)c1. The molecule has 102 valence electrons. The van der Waals surface area contributed by atoms with E-state index in [1.165, 1.54) is 0 Å². The van der Waals surface area contributed by atoms with Crippen LogP contribution in [-0.2, 0) is 6.54 Å². The molecule has 1 aromatic heterocycles.